The van der Waals surface area contributed by atoms with Gasteiger partial charge in [0.25, 0.3) is 0 Å². The highest BCUT2D eigenvalue weighted by Gasteiger charge is 1.77. The van der Waals surface area contributed by atoms with Crippen LogP contribution in [0.1, 0.15) is 5.56 Å². The fraction of sp³-hybridized carbons (Fsp3) is 0.143. The molecule has 0 aliphatic carbocycles. The Morgan fingerprint density at radius 3 is 1.47 bits per heavy atom. The number of rotatable bonds is 1. The monoisotopic (exact) mass is 199 g/mol. The van der Waals surface area contributed by atoms with Gasteiger partial charge in [0, 0.05) is 12.7 Å². The summed E-state index contributed by atoms with van der Waals surface area (Å²) in [5.74, 6) is 0. The standard InChI is InChI=1S/C7H9N.C7H8/c1-8-7-5-3-2-4-6-7;1-7-5-3-2-4-6-7/h2-6,8H,1H3;2-6H,1H3. The molecule has 0 heterocycles. The Balaban J connectivity index is 0.000000151. The zero-order valence-electron chi connectivity index (χ0n) is 9.27. The van der Waals surface area contributed by atoms with E-state index in [-0.39, 0.29) is 0 Å². The molecule has 0 unspecified atom stereocenters. The zero-order chi connectivity index (χ0) is 10.9. The lowest BCUT2D eigenvalue weighted by atomic mass is 10.2. The molecule has 0 aliphatic rings. The van der Waals surface area contributed by atoms with Crippen molar-refractivity contribution in [3.63, 3.8) is 0 Å². The SMILES string of the molecule is CNc1ccccc1.Cc1ccccc1. The van der Waals surface area contributed by atoms with E-state index in [2.05, 4.69) is 24.4 Å². The fourth-order valence-electron chi connectivity index (χ4n) is 1.14. The van der Waals surface area contributed by atoms with Gasteiger partial charge in [0.05, 0.1) is 0 Å². The summed E-state index contributed by atoms with van der Waals surface area (Å²) in [4.78, 5) is 0. The molecule has 78 valence electrons. The van der Waals surface area contributed by atoms with Crippen LogP contribution in [0.4, 0.5) is 5.69 Å². The van der Waals surface area contributed by atoms with E-state index in [1.807, 2.05) is 55.6 Å². The van der Waals surface area contributed by atoms with E-state index in [9.17, 15) is 0 Å². The Morgan fingerprint density at radius 1 is 0.733 bits per heavy atom. The molecule has 0 amide bonds. The number of hydrogen-bond donors (Lipinski definition) is 1. The number of para-hydroxylation sites is 1. The normalized spacial score (nSPS) is 8.67. The Morgan fingerprint density at radius 2 is 1.20 bits per heavy atom. The highest BCUT2D eigenvalue weighted by atomic mass is 14.8. The van der Waals surface area contributed by atoms with Gasteiger partial charge in [-0.25, -0.2) is 0 Å². The predicted octanol–water partition coefficient (Wildman–Crippen LogP) is 3.72. The number of nitrogens with one attached hydrogen (secondary N) is 1. The topological polar surface area (TPSA) is 12.0 Å². The summed E-state index contributed by atoms with van der Waals surface area (Å²) in [5.41, 5.74) is 2.48. The van der Waals surface area contributed by atoms with Gasteiger partial charge in [-0.15, -0.1) is 0 Å². The quantitative estimate of drug-likeness (QED) is 0.738. The third-order valence-electron chi connectivity index (χ3n) is 2.00. The van der Waals surface area contributed by atoms with Crippen molar-refractivity contribution in [2.45, 2.75) is 6.92 Å². The minimum Gasteiger partial charge on any atom is -0.388 e. The maximum atomic E-state index is 3.03. The van der Waals surface area contributed by atoms with Gasteiger partial charge in [-0.05, 0) is 19.1 Å². The molecule has 1 heteroatoms. The van der Waals surface area contributed by atoms with Crippen LogP contribution in [0.3, 0.4) is 0 Å². The number of aryl methyl sites for hydroxylation is 1. The third-order valence-corrected chi connectivity index (χ3v) is 2.00. The lowest BCUT2D eigenvalue weighted by Gasteiger charge is -1.94. The molecule has 0 aromatic heterocycles. The molecule has 2 aromatic carbocycles. The molecule has 15 heavy (non-hydrogen) atoms. The van der Waals surface area contributed by atoms with Gasteiger partial charge in [0.2, 0.25) is 0 Å². The lowest BCUT2D eigenvalue weighted by molar-refractivity contribution is 1.48. The molecular formula is C14H17N. The minimum atomic E-state index is 1.16. The molecular weight excluding hydrogens is 182 g/mol. The maximum Gasteiger partial charge on any atom is 0.0337 e. The van der Waals surface area contributed by atoms with Crippen LogP contribution in [-0.4, -0.2) is 7.05 Å². The molecule has 0 saturated carbocycles. The van der Waals surface area contributed by atoms with Crippen LogP contribution < -0.4 is 5.32 Å². The van der Waals surface area contributed by atoms with Crippen LogP contribution in [-0.2, 0) is 0 Å². The smallest absolute Gasteiger partial charge is 0.0337 e. The van der Waals surface area contributed by atoms with Crippen molar-refractivity contribution < 1.29 is 0 Å². The van der Waals surface area contributed by atoms with Crippen LogP contribution in [0.5, 0.6) is 0 Å². The van der Waals surface area contributed by atoms with Crippen molar-refractivity contribution in [3.05, 3.63) is 66.2 Å². The van der Waals surface area contributed by atoms with Gasteiger partial charge in [-0.2, -0.15) is 0 Å². The van der Waals surface area contributed by atoms with Crippen LogP contribution in [0.2, 0.25) is 0 Å². The van der Waals surface area contributed by atoms with E-state index in [1.54, 1.807) is 0 Å². The first kappa shape index (κ1) is 11.3. The summed E-state index contributed by atoms with van der Waals surface area (Å²) in [6.07, 6.45) is 0. The molecule has 0 radical (unpaired) electrons. The van der Waals surface area contributed by atoms with Crippen molar-refractivity contribution in [1.29, 1.82) is 0 Å². The Hall–Kier alpha value is -1.76. The molecule has 0 bridgehead atoms. The first-order valence-electron chi connectivity index (χ1n) is 5.07. The van der Waals surface area contributed by atoms with E-state index >= 15 is 0 Å². The van der Waals surface area contributed by atoms with Gasteiger partial charge in [0.1, 0.15) is 0 Å². The van der Waals surface area contributed by atoms with Crippen LogP contribution in [0.25, 0.3) is 0 Å². The van der Waals surface area contributed by atoms with Crippen molar-refractivity contribution >= 4 is 5.69 Å². The van der Waals surface area contributed by atoms with Crippen molar-refractivity contribution in [3.8, 4) is 0 Å². The maximum absolute atomic E-state index is 3.03. The zero-order valence-corrected chi connectivity index (χ0v) is 9.27. The first-order valence-corrected chi connectivity index (χ1v) is 5.07. The average Bonchev–Trinajstić information content (AvgIpc) is 2.32. The van der Waals surface area contributed by atoms with Crippen LogP contribution in [0, 0.1) is 6.92 Å². The Kier molecular flexibility index (Phi) is 5.02. The number of hydrogen-bond acceptors (Lipinski definition) is 1. The number of anilines is 1. The van der Waals surface area contributed by atoms with E-state index in [1.165, 1.54) is 5.56 Å². The molecule has 1 N–H and O–H groups in total. The second kappa shape index (κ2) is 6.66. The molecule has 0 fully saturated rings. The van der Waals surface area contributed by atoms with Crippen LogP contribution >= 0.6 is 0 Å². The summed E-state index contributed by atoms with van der Waals surface area (Å²) in [6.45, 7) is 2.08. The van der Waals surface area contributed by atoms with Gasteiger partial charge in [-0.3, -0.25) is 0 Å². The summed E-state index contributed by atoms with van der Waals surface area (Å²) >= 11 is 0. The third kappa shape index (κ3) is 4.87. The Labute approximate surface area is 91.8 Å². The highest BCUT2D eigenvalue weighted by molar-refractivity contribution is 5.41. The van der Waals surface area contributed by atoms with Crippen molar-refractivity contribution in [1.82, 2.24) is 0 Å². The molecule has 0 aliphatic heterocycles. The van der Waals surface area contributed by atoms with Crippen molar-refractivity contribution in [2.24, 2.45) is 0 Å². The first-order chi connectivity index (χ1) is 7.33. The second-order valence-corrected chi connectivity index (χ2v) is 3.27. The van der Waals surface area contributed by atoms with Gasteiger partial charge in [0.15, 0.2) is 0 Å². The van der Waals surface area contributed by atoms with Gasteiger partial charge in [-0.1, -0.05) is 54.1 Å². The summed E-state index contributed by atoms with van der Waals surface area (Å²) in [5, 5.41) is 3.03. The van der Waals surface area contributed by atoms with E-state index in [0.29, 0.717) is 0 Å². The Bertz CT molecular complexity index is 354. The summed E-state index contributed by atoms with van der Waals surface area (Å²) < 4.78 is 0. The molecule has 1 nitrogen and oxygen atoms in total. The molecule has 0 spiro atoms. The lowest BCUT2D eigenvalue weighted by Crippen LogP contribution is -1.84. The molecule has 2 aromatic rings. The second-order valence-electron chi connectivity index (χ2n) is 3.27. The van der Waals surface area contributed by atoms with E-state index in [4.69, 9.17) is 0 Å². The number of benzene rings is 2. The van der Waals surface area contributed by atoms with E-state index < -0.39 is 0 Å². The average molecular weight is 199 g/mol. The minimum absolute atomic E-state index is 1.16. The fourth-order valence-corrected chi connectivity index (χ4v) is 1.14. The highest BCUT2D eigenvalue weighted by Crippen LogP contribution is 2.01. The van der Waals surface area contributed by atoms with Crippen molar-refractivity contribution in [2.75, 3.05) is 12.4 Å². The molecule has 0 atom stereocenters. The summed E-state index contributed by atoms with van der Waals surface area (Å²) in [7, 11) is 1.91. The summed E-state index contributed by atoms with van der Waals surface area (Å²) in [6, 6.07) is 20.3. The van der Waals surface area contributed by atoms with Gasteiger partial charge >= 0.3 is 0 Å². The van der Waals surface area contributed by atoms with E-state index in [0.717, 1.165) is 5.69 Å². The predicted molar refractivity (Wildman–Crippen MR) is 67.2 cm³/mol. The van der Waals surface area contributed by atoms with Gasteiger partial charge < -0.3 is 5.32 Å². The molecule has 2 rings (SSSR count). The molecule has 0 saturated heterocycles. The largest absolute Gasteiger partial charge is 0.388 e. The van der Waals surface area contributed by atoms with Crippen LogP contribution in [0.15, 0.2) is 60.7 Å².